The van der Waals surface area contributed by atoms with E-state index in [-0.39, 0.29) is 16.2 Å². The lowest BCUT2D eigenvalue weighted by Gasteiger charge is -2.47. The van der Waals surface area contributed by atoms with Gasteiger partial charge in [0.1, 0.15) is 0 Å². The first-order valence-electron chi connectivity index (χ1n) is 44.2. The van der Waals surface area contributed by atoms with Crippen LogP contribution in [0.2, 0.25) is 0 Å². The average Bonchev–Trinajstić information content (AvgIpc) is 0.681. The SMILES string of the molecule is Cc1cc(C)nc(-c2ccc(N3c4ccc(N(c5ccccc5)c5ccccc5)cc4C(c4ccncc4)(c4ccncc4)c4cc(N(c5ccccc5)c5ccccc5)ccc43)c(C)c2)n1.Cc1nc(-c2ccccc2)ccc1N1c2ccc(N3c4ccccc4C(C)(C)c4ccccc43)cc2C(C)(C)c2cc(N3c4ccccc4C(C)(C)c4ccccc43)ccc21. The quantitative estimate of drug-likeness (QED) is 0.104. The van der Waals surface area contributed by atoms with E-state index in [2.05, 4.69) is 471 Å². The van der Waals surface area contributed by atoms with Gasteiger partial charge in [0, 0.05) is 115 Å². The summed E-state index contributed by atoms with van der Waals surface area (Å²) in [4.78, 5) is 38.7. The molecule has 4 aliphatic heterocycles. The van der Waals surface area contributed by atoms with E-state index in [0.717, 1.165) is 136 Å². The van der Waals surface area contributed by atoms with Gasteiger partial charge in [-0.2, -0.15) is 0 Å². The third kappa shape index (κ3) is 13.4. The van der Waals surface area contributed by atoms with Crippen LogP contribution in [0.1, 0.15) is 120 Å². The molecule has 0 saturated heterocycles. The van der Waals surface area contributed by atoms with E-state index in [1.807, 2.05) is 44.7 Å². The van der Waals surface area contributed by atoms with Crippen molar-refractivity contribution in [2.45, 2.75) is 90.9 Å². The highest BCUT2D eigenvalue weighted by molar-refractivity contribution is 5.97. The third-order valence-corrected chi connectivity index (χ3v) is 26.7. The highest BCUT2D eigenvalue weighted by Crippen LogP contribution is 2.63. The zero-order valence-electron chi connectivity index (χ0n) is 73.6. The van der Waals surface area contributed by atoms with Crippen LogP contribution in [0.15, 0.2) is 407 Å². The van der Waals surface area contributed by atoms with Crippen LogP contribution in [0, 0.1) is 27.7 Å². The van der Waals surface area contributed by atoms with E-state index >= 15 is 0 Å². The molecule has 0 radical (unpaired) electrons. The van der Waals surface area contributed by atoms with E-state index in [1.54, 1.807) is 0 Å². The van der Waals surface area contributed by atoms with E-state index in [9.17, 15) is 0 Å². The summed E-state index contributed by atoms with van der Waals surface area (Å²) in [6.07, 6.45) is 7.65. The Morgan fingerprint density at radius 1 is 0.234 bits per heavy atom. The Morgan fingerprint density at radius 3 is 0.953 bits per heavy atom. The van der Waals surface area contributed by atoms with Crippen molar-refractivity contribution in [3.63, 3.8) is 0 Å². The normalized spacial score (nSPS) is 14.2. The molecule has 11 nitrogen and oxygen atoms in total. The lowest BCUT2D eigenvalue weighted by Crippen LogP contribution is -2.38. The van der Waals surface area contributed by atoms with Crippen molar-refractivity contribution < 1.29 is 0 Å². The number of hydrogen-bond acceptors (Lipinski definition) is 11. The Kier molecular flexibility index (Phi) is 19.8. The number of para-hydroxylation sites is 8. The lowest BCUT2D eigenvalue weighted by molar-refractivity contribution is 0.626. The van der Waals surface area contributed by atoms with Crippen molar-refractivity contribution in [3.05, 3.63) is 485 Å². The van der Waals surface area contributed by atoms with Crippen molar-refractivity contribution in [1.82, 2.24) is 24.9 Å². The maximum atomic E-state index is 5.25. The standard InChI is InChI=1S/C60H47N7.C57H50N4/c1-42-38-45(59-63-43(2)39-44(3)64-59)24-27-56(42)67-57-28-25-52(65(48-16-8-4-9-17-48)49-18-10-5-11-19-49)40-54(57)60(46-30-34-61-35-31-46,47-32-36-62-37-33-47)55-41-53(26-29-58(55)67)66(50-20-12-6-13-21-50)51-22-14-7-15-23-51;1-37-48(34-31-47(58-37)38-19-9-8-10-20-38)61-53-32-29-39(59-49-25-15-11-21-41(49)55(2,3)42-22-12-16-26-50(42)59)35-45(53)57(6,7)46-36-40(30-33-54(46)61)60-51-27-17-13-23-43(51)56(4,5)44-24-14-18-28-52(44)60/h4-41H,1-3H3;8-36H,1-7H3. The Labute approximate surface area is 750 Å². The summed E-state index contributed by atoms with van der Waals surface area (Å²) in [5, 5.41) is 0. The van der Waals surface area contributed by atoms with Crippen LogP contribution in [0.5, 0.6) is 0 Å². The van der Waals surface area contributed by atoms with E-state index in [1.165, 1.54) is 67.5 Å². The molecule has 14 aromatic carbocycles. The monoisotopic (exact) mass is 1660 g/mol. The fraction of sp³-hybridized carbons (Fsp3) is 0.120. The van der Waals surface area contributed by atoms with Crippen molar-refractivity contribution in [1.29, 1.82) is 0 Å². The second kappa shape index (κ2) is 31.9. The number of pyridine rings is 3. The summed E-state index contributed by atoms with van der Waals surface area (Å²) in [5.74, 6) is 0.721. The molecule has 0 fully saturated rings. The summed E-state index contributed by atoms with van der Waals surface area (Å²) in [7, 11) is 0. The summed E-state index contributed by atoms with van der Waals surface area (Å²) in [6.45, 7) is 22.6. The number of anilines is 18. The van der Waals surface area contributed by atoms with Crippen LogP contribution < -0.4 is 29.4 Å². The van der Waals surface area contributed by atoms with Crippen LogP contribution in [0.3, 0.4) is 0 Å². The number of fused-ring (bicyclic) bond motifs is 8. The first kappa shape index (κ1) is 79.6. The van der Waals surface area contributed by atoms with Gasteiger partial charge < -0.3 is 29.4 Å². The predicted molar refractivity (Wildman–Crippen MR) is 528 cm³/mol. The molecular weight excluding hydrogens is 1560 g/mol. The molecule has 8 heterocycles. The van der Waals surface area contributed by atoms with Crippen LogP contribution in [0.25, 0.3) is 22.6 Å². The summed E-state index contributed by atoms with van der Waals surface area (Å²) < 4.78 is 0. The topological polar surface area (TPSA) is 83.9 Å². The van der Waals surface area contributed by atoms with Gasteiger partial charge in [-0.25, -0.2) is 9.97 Å². The molecule has 0 aliphatic carbocycles. The van der Waals surface area contributed by atoms with Crippen LogP contribution in [0.4, 0.5) is 102 Å². The molecule has 4 aromatic heterocycles. The lowest BCUT2D eigenvalue weighted by atomic mass is 9.62. The molecule has 0 bridgehead atoms. The van der Waals surface area contributed by atoms with Gasteiger partial charge in [0.2, 0.25) is 0 Å². The molecule has 11 heteroatoms. The van der Waals surface area contributed by atoms with Crippen molar-refractivity contribution >= 4 is 102 Å². The van der Waals surface area contributed by atoms with Gasteiger partial charge in [0.05, 0.1) is 68.0 Å². The molecule has 0 unspecified atom stereocenters. The van der Waals surface area contributed by atoms with Crippen LogP contribution in [-0.2, 0) is 21.7 Å². The molecule has 18 aromatic rings. The minimum absolute atomic E-state index is 0.138. The highest BCUT2D eigenvalue weighted by Gasteiger charge is 2.49. The van der Waals surface area contributed by atoms with Gasteiger partial charge in [0.25, 0.3) is 0 Å². The third-order valence-electron chi connectivity index (χ3n) is 26.7. The highest BCUT2D eigenvalue weighted by atomic mass is 15.2. The molecule has 0 spiro atoms. The molecule has 0 saturated carbocycles. The molecular formula is C117H97N11. The van der Waals surface area contributed by atoms with Crippen molar-refractivity contribution in [3.8, 4) is 22.6 Å². The van der Waals surface area contributed by atoms with Gasteiger partial charge in [-0.3, -0.25) is 15.0 Å². The number of aryl methyl sites for hydroxylation is 4. The van der Waals surface area contributed by atoms with Crippen molar-refractivity contribution in [2.24, 2.45) is 0 Å². The zero-order valence-corrected chi connectivity index (χ0v) is 73.6. The Balaban J connectivity index is 0.000000156. The molecule has 0 amide bonds. The molecule has 128 heavy (non-hydrogen) atoms. The predicted octanol–water partition coefficient (Wildman–Crippen LogP) is 30.3. The van der Waals surface area contributed by atoms with Gasteiger partial charge in [-0.1, -0.05) is 217 Å². The summed E-state index contributed by atoms with van der Waals surface area (Å²) in [6, 6.07) is 139. The van der Waals surface area contributed by atoms with E-state index < -0.39 is 5.41 Å². The first-order valence-corrected chi connectivity index (χ1v) is 44.2. The fourth-order valence-electron chi connectivity index (χ4n) is 20.7. The van der Waals surface area contributed by atoms with Crippen LogP contribution in [-0.4, -0.2) is 24.9 Å². The van der Waals surface area contributed by atoms with Crippen molar-refractivity contribution in [2.75, 3.05) is 29.4 Å². The molecule has 22 rings (SSSR count). The van der Waals surface area contributed by atoms with Crippen LogP contribution >= 0.6 is 0 Å². The number of nitrogens with zero attached hydrogens (tertiary/aromatic N) is 11. The number of rotatable bonds is 14. The maximum Gasteiger partial charge on any atom is 0.159 e. The van der Waals surface area contributed by atoms with Gasteiger partial charge in [0.15, 0.2) is 5.82 Å². The average molecular weight is 1660 g/mol. The fourth-order valence-corrected chi connectivity index (χ4v) is 20.7. The molecule has 620 valence electrons. The maximum absolute atomic E-state index is 5.25. The number of aromatic nitrogens is 5. The second-order valence-corrected chi connectivity index (χ2v) is 35.5. The largest absolute Gasteiger partial charge is 0.310 e. The Morgan fingerprint density at radius 2 is 0.562 bits per heavy atom. The van der Waals surface area contributed by atoms with Gasteiger partial charge in [-0.15, -0.1) is 0 Å². The summed E-state index contributed by atoms with van der Waals surface area (Å²) >= 11 is 0. The molecule has 4 aliphatic rings. The summed E-state index contributed by atoms with van der Waals surface area (Å²) in [5.41, 5.74) is 37.8. The van der Waals surface area contributed by atoms with E-state index in [0.29, 0.717) is 0 Å². The Bertz CT molecular complexity index is 6710. The minimum atomic E-state index is -0.863. The molecule has 0 atom stereocenters. The van der Waals surface area contributed by atoms with E-state index in [4.69, 9.17) is 15.0 Å². The Hall–Kier alpha value is -15.6. The zero-order chi connectivity index (χ0) is 87.2. The minimum Gasteiger partial charge on any atom is -0.310 e. The number of hydrogen-bond donors (Lipinski definition) is 0. The first-order chi connectivity index (χ1) is 62.4. The van der Waals surface area contributed by atoms with Gasteiger partial charge >= 0.3 is 0 Å². The second-order valence-electron chi connectivity index (χ2n) is 35.5. The smallest absolute Gasteiger partial charge is 0.159 e. The van der Waals surface area contributed by atoms with Gasteiger partial charge in [-0.05, 0) is 295 Å². The molecule has 0 N–H and O–H groups in total. The number of benzene rings is 14.